The number of aryl methyl sites for hydroxylation is 1. The highest BCUT2D eigenvalue weighted by molar-refractivity contribution is 6.05. The van der Waals surface area contributed by atoms with Crippen LogP contribution in [0.2, 0.25) is 0 Å². The second kappa shape index (κ2) is 16.9. The number of ether oxygens (including phenoxy) is 1. The van der Waals surface area contributed by atoms with E-state index in [-0.39, 0.29) is 35.9 Å². The monoisotopic (exact) mass is 826 g/mol. The number of carbonyl (C=O) groups excluding carboxylic acids is 4. The zero-order valence-corrected chi connectivity index (χ0v) is 34.7. The van der Waals surface area contributed by atoms with Crippen molar-refractivity contribution in [1.29, 1.82) is 5.26 Å². The highest BCUT2D eigenvalue weighted by Crippen LogP contribution is 2.55. The number of piperazine rings is 1. The Morgan fingerprint density at radius 1 is 0.917 bits per heavy atom. The first kappa shape index (κ1) is 42.7. The lowest BCUT2D eigenvalue weighted by Crippen LogP contribution is -2.74. The Balaban J connectivity index is 0.801. The maximum Gasteiger partial charge on any atom is 0.417 e. The van der Waals surface area contributed by atoms with E-state index in [2.05, 4.69) is 26.5 Å². The Morgan fingerprint density at radius 2 is 1.62 bits per heavy atom. The van der Waals surface area contributed by atoms with Gasteiger partial charge in [0.1, 0.15) is 17.9 Å². The smallest absolute Gasteiger partial charge is 0.417 e. The Bertz CT molecular complexity index is 2160. The zero-order chi connectivity index (χ0) is 43.0. The van der Waals surface area contributed by atoms with Gasteiger partial charge in [0.15, 0.2) is 0 Å². The predicted molar refractivity (Wildman–Crippen MR) is 219 cm³/mol. The molecule has 14 heteroatoms. The number of carbonyl (C=O) groups is 4. The molecule has 3 aliphatic heterocycles. The van der Waals surface area contributed by atoms with Crippen LogP contribution in [0.25, 0.3) is 0 Å². The molecule has 0 bridgehead atoms. The van der Waals surface area contributed by atoms with Crippen LogP contribution in [0.15, 0.2) is 60.7 Å². The number of imide groups is 1. The van der Waals surface area contributed by atoms with Gasteiger partial charge in [0, 0.05) is 72.8 Å². The molecule has 11 nitrogen and oxygen atoms in total. The Kier molecular flexibility index (Phi) is 12.0. The van der Waals surface area contributed by atoms with Crippen molar-refractivity contribution in [3.63, 3.8) is 0 Å². The maximum atomic E-state index is 13.6. The fraction of sp³-hybridized carbons (Fsp3) is 0.500. The highest BCUT2D eigenvalue weighted by Gasteiger charge is 2.64. The second-order valence-corrected chi connectivity index (χ2v) is 17.8. The molecule has 0 spiro atoms. The lowest BCUT2D eigenvalue weighted by Gasteiger charge is -2.63. The number of nitriles is 1. The number of piperidine rings is 1. The van der Waals surface area contributed by atoms with Gasteiger partial charge in [-0.1, -0.05) is 58.7 Å². The summed E-state index contributed by atoms with van der Waals surface area (Å²) in [5, 5.41) is 14.6. The van der Waals surface area contributed by atoms with E-state index >= 15 is 0 Å². The third-order valence-electron chi connectivity index (χ3n) is 12.9. The minimum Gasteiger partial charge on any atom is -0.489 e. The molecular weight excluding hydrogens is 774 g/mol. The first-order valence-corrected chi connectivity index (χ1v) is 20.9. The van der Waals surface area contributed by atoms with Gasteiger partial charge in [-0.05, 0) is 85.8 Å². The van der Waals surface area contributed by atoms with E-state index in [9.17, 15) is 32.3 Å². The number of nitrogens with one attached hydrogen (secondary N) is 2. The number of halogens is 3. The number of benzene rings is 3. The summed E-state index contributed by atoms with van der Waals surface area (Å²) in [6.45, 7) is 12.8. The first-order valence-electron chi connectivity index (χ1n) is 20.9. The molecule has 4 aliphatic rings. The van der Waals surface area contributed by atoms with Crippen LogP contribution in [-0.2, 0) is 28.7 Å². The molecule has 318 valence electrons. The van der Waals surface area contributed by atoms with Crippen molar-refractivity contribution in [3.05, 3.63) is 94.0 Å². The van der Waals surface area contributed by atoms with Crippen molar-refractivity contribution < 1.29 is 37.1 Å². The number of rotatable bonds is 13. The number of amides is 4. The Morgan fingerprint density at radius 3 is 2.28 bits per heavy atom. The van der Waals surface area contributed by atoms with Crippen LogP contribution in [0.4, 0.5) is 18.9 Å². The highest BCUT2D eigenvalue weighted by atomic mass is 19.4. The Labute approximate surface area is 349 Å². The number of anilines is 1. The molecule has 7 rings (SSSR count). The molecular formula is C46H53F3N6O5. The van der Waals surface area contributed by atoms with Gasteiger partial charge in [0.25, 0.3) is 11.8 Å². The molecule has 1 aliphatic carbocycles. The van der Waals surface area contributed by atoms with E-state index in [1.807, 2.05) is 64.1 Å². The second-order valence-electron chi connectivity index (χ2n) is 17.8. The van der Waals surface area contributed by atoms with Crippen LogP contribution in [0, 0.1) is 22.2 Å². The van der Waals surface area contributed by atoms with Crippen molar-refractivity contribution in [2.45, 2.75) is 104 Å². The minimum absolute atomic E-state index is 0.0277. The van der Waals surface area contributed by atoms with Crippen molar-refractivity contribution in [2.75, 3.05) is 37.6 Å². The molecule has 1 saturated carbocycles. The summed E-state index contributed by atoms with van der Waals surface area (Å²) in [5.74, 6) is -1.03. The topological polar surface area (TPSA) is 135 Å². The summed E-state index contributed by atoms with van der Waals surface area (Å²) in [7, 11) is 0. The number of unbranched alkanes of at least 4 members (excludes halogenated alkanes) is 3. The lowest BCUT2D eigenvalue weighted by molar-refractivity contribution is -0.164. The van der Waals surface area contributed by atoms with E-state index in [4.69, 9.17) is 10.00 Å². The van der Waals surface area contributed by atoms with Gasteiger partial charge in [0.05, 0.1) is 17.2 Å². The molecule has 2 N–H and O–H groups in total. The molecule has 0 aromatic heterocycles. The van der Waals surface area contributed by atoms with Crippen LogP contribution in [0.3, 0.4) is 0 Å². The fourth-order valence-electron chi connectivity index (χ4n) is 9.89. The summed E-state index contributed by atoms with van der Waals surface area (Å²) in [5.41, 5.74) is 1.60. The van der Waals surface area contributed by atoms with Gasteiger partial charge < -0.3 is 19.9 Å². The van der Waals surface area contributed by atoms with E-state index in [1.165, 1.54) is 6.07 Å². The largest absolute Gasteiger partial charge is 0.489 e. The minimum atomic E-state index is -4.69. The number of hydrogen-bond acceptors (Lipinski definition) is 8. The average Bonchev–Trinajstić information content (AvgIpc) is 3.54. The van der Waals surface area contributed by atoms with Crippen molar-refractivity contribution in [3.8, 4) is 11.8 Å². The third kappa shape index (κ3) is 8.73. The molecule has 0 unspecified atom stereocenters. The molecule has 3 aromatic carbocycles. The summed E-state index contributed by atoms with van der Waals surface area (Å²) < 4.78 is 46.8. The number of alkyl halides is 3. The molecule has 1 atom stereocenters. The van der Waals surface area contributed by atoms with E-state index in [0.717, 1.165) is 93.8 Å². The van der Waals surface area contributed by atoms with Gasteiger partial charge in [-0.2, -0.15) is 18.4 Å². The van der Waals surface area contributed by atoms with Gasteiger partial charge in [-0.25, -0.2) is 0 Å². The van der Waals surface area contributed by atoms with Gasteiger partial charge in [-0.3, -0.25) is 29.4 Å². The van der Waals surface area contributed by atoms with Gasteiger partial charge >= 0.3 is 6.18 Å². The number of nitrogens with zero attached hydrogens (tertiary/aromatic N) is 4. The van der Waals surface area contributed by atoms with Crippen LogP contribution < -0.4 is 20.3 Å². The maximum absolute atomic E-state index is 13.6. The van der Waals surface area contributed by atoms with E-state index in [1.54, 1.807) is 11.0 Å². The first-order chi connectivity index (χ1) is 28.5. The molecule has 60 heavy (non-hydrogen) atoms. The average molecular weight is 827 g/mol. The van der Waals surface area contributed by atoms with Crippen LogP contribution >= 0.6 is 0 Å². The van der Waals surface area contributed by atoms with Crippen LogP contribution in [0.5, 0.6) is 5.75 Å². The molecule has 0 radical (unpaired) electrons. The fourth-order valence-corrected chi connectivity index (χ4v) is 9.89. The quantitative estimate of drug-likeness (QED) is 0.141. The molecule has 3 fully saturated rings. The van der Waals surface area contributed by atoms with Gasteiger partial charge in [-0.15, -0.1) is 0 Å². The SMILES string of the molecule is CC1(C)[C@H](NC(=O)c2ccc(CCCCCCN3CCN(c4ccc5c(c4)C(=O)N([C@H]4CCC(=O)NC4=O)C5)CC3)cc2)C(C)(C)[C@H]1Oc1ccc(C#N)c(C(F)(F)F)c1. The third-order valence-corrected chi connectivity index (χ3v) is 12.9. The van der Waals surface area contributed by atoms with Crippen LogP contribution in [-0.4, -0.2) is 84.3 Å². The molecule has 3 aromatic rings. The van der Waals surface area contributed by atoms with Gasteiger partial charge in [0.2, 0.25) is 11.8 Å². The summed E-state index contributed by atoms with van der Waals surface area (Å²) in [4.78, 5) is 57.0. The molecule has 2 saturated heterocycles. The lowest BCUT2D eigenvalue weighted by atomic mass is 9.49. The standard InChI is InChI=1S/C46H53F3N6O5/c1-44(2)42(45(3,4)43(44)60-34-17-15-31(27-50)36(26-34)46(47,48)49)52-39(57)30-12-10-29(11-13-30)9-7-5-6-8-20-53-21-23-54(24-22-53)33-16-14-32-28-55(41(59)35(32)25-33)37-18-19-38(56)51-40(37)58/h10-17,25-26,37,42-43H,5-9,18-24,28H2,1-4H3,(H,52,57)(H,51,56,58)/t37-,42-,43-/m0/s1. The summed E-state index contributed by atoms with van der Waals surface area (Å²) in [6, 6.07) is 17.7. The predicted octanol–water partition coefficient (Wildman–Crippen LogP) is 6.88. The summed E-state index contributed by atoms with van der Waals surface area (Å²) in [6.07, 6.45) is 0.733. The van der Waals surface area contributed by atoms with Crippen molar-refractivity contribution >= 4 is 29.3 Å². The molecule has 4 amide bonds. The van der Waals surface area contributed by atoms with E-state index < -0.39 is 46.2 Å². The van der Waals surface area contributed by atoms with E-state index in [0.29, 0.717) is 24.1 Å². The summed E-state index contributed by atoms with van der Waals surface area (Å²) >= 11 is 0. The number of hydrogen-bond donors (Lipinski definition) is 2. The normalized spacial score (nSPS) is 22.4. The zero-order valence-electron chi connectivity index (χ0n) is 34.7. The number of fused-ring (bicyclic) bond motifs is 1. The van der Waals surface area contributed by atoms with Crippen molar-refractivity contribution in [1.82, 2.24) is 20.4 Å². The molecule has 3 heterocycles. The van der Waals surface area contributed by atoms with Crippen molar-refractivity contribution in [2.24, 2.45) is 10.8 Å². The Hall–Kier alpha value is -5.42. The van der Waals surface area contributed by atoms with Crippen LogP contribution in [0.1, 0.15) is 109 Å².